The number of aliphatic hydroxyl groups excluding tert-OH is 1. The zero-order valence-corrected chi connectivity index (χ0v) is 10.2. The fourth-order valence-electron chi connectivity index (χ4n) is 1.25. The minimum Gasteiger partial charge on any atom is -0.506 e. The highest BCUT2D eigenvalue weighted by molar-refractivity contribution is 6.39. The second-order valence-electron chi connectivity index (χ2n) is 4.03. The number of carbonyl (C=O) groups is 2. The first-order valence-electron chi connectivity index (χ1n) is 5.47. The molecule has 6 heteroatoms. The Labute approximate surface area is 105 Å². The molecule has 0 aliphatic rings. The predicted molar refractivity (Wildman–Crippen MR) is 66.2 cm³/mol. The third-order valence-corrected chi connectivity index (χ3v) is 2.16. The SMILES string of the molecule is Cc1ccc(O)c(NC(=O)C(=O)NCC(C)O)c1. The van der Waals surface area contributed by atoms with E-state index in [1.54, 1.807) is 19.1 Å². The normalized spacial score (nSPS) is 11.7. The summed E-state index contributed by atoms with van der Waals surface area (Å²) >= 11 is 0. The Morgan fingerprint density at radius 2 is 2.00 bits per heavy atom. The number of aryl methyl sites for hydroxylation is 1. The molecule has 1 unspecified atom stereocenters. The Morgan fingerprint density at radius 1 is 1.33 bits per heavy atom. The molecule has 1 aromatic rings. The highest BCUT2D eigenvalue weighted by atomic mass is 16.3. The second-order valence-corrected chi connectivity index (χ2v) is 4.03. The Balaban J connectivity index is 2.64. The van der Waals surface area contributed by atoms with Gasteiger partial charge in [-0.15, -0.1) is 0 Å². The third kappa shape index (κ3) is 4.06. The van der Waals surface area contributed by atoms with E-state index in [1.165, 1.54) is 13.0 Å². The monoisotopic (exact) mass is 252 g/mol. The van der Waals surface area contributed by atoms with E-state index >= 15 is 0 Å². The fraction of sp³-hybridized carbons (Fsp3) is 0.333. The first-order chi connectivity index (χ1) is 8.40. The number of aliphatic hydroxyl groups is 1. The maximum Gasteiger partial charge on any atom is 0.313 e. The Kier molecular flexibility index (Phi) is 4.67. The summed E-state index contributed by atoms with van der Waals surface area (Å²) in [4.78, 5) is 22.8. The molecule has 0 bridgehead atoms. The molecule has 98 valence electrons. The van der Waals surface area contributed by atoms with Gasteiger partial charge in [0.05, 0.1) is 11.8 Å². The van der Waals surface area contributed by atoms with Crippen LogP contribution in [0.25, 0.3) is 0 Å². The second kappa shape index (κ2) is 6.02. The molecular formula is C12H16N2O4. The maximum atomic E-state index is 11.5. The summed E-state index contributed by atoms with van der Waals surface area (Å²) < 4.78 is 0. The zero-order chi connectivity index (χ0) is 13.7. The molecule has 6 nitrogen and oxygen atoms in total. The van der Waals surface area contributed by atoms with E-state index in [0.717, 1.165) is 5.56 Å². The fourth-order valence-corrected chi connectivity index (χ4v) is 1.25. The number of phenols is 1. The number of nitrogens with one attached hydrogen (secondary N) is 2. The maximum absolute atomic E-state index is 11.5. The summed E-state index contributed by atoms with van der Waals surface area (Å²) in [5.41, 5.74) is 1.01. The van der Waals surface area contributed by atoms with Crippen LogP contribution in [-0.2, 0) is 9.59 Å². The summed E-state index contributed by atoms with van der Waals surface area (Å²) in [6, 6.07) is 4.66. The quantitative estimate of drug-likeness (QED) is 0.454. The van der Waals surface area contributed by atoms with E-state index in [9.17, 15) is 14.7 Å². The molecule has 1 atom stereocenters. The molecule has 0 aromatic heterocycles. The number of carbonyl (C=O) groups excluding carboxylic acids is 2. The van der Waals surface area contributed by atoms with Crippen LogP contribution in [0, 0.1) is 6.92 Å². The Morgan fingerprint density at radius 3 is 2.61 bits per heavy atom. The van der Waals surface area contributed by atoms with Gasteiger partial charge in [0.15, 0.2) is 0 Å². The summed E-state index contributed by atoms with van der Waals surface area (Å²) in [6.07, 6.45) is -0.728. The van der Waals surface area contributed by atoms with Crippen LogP contribution in [0.15, 0.2) is 18.2 Å². The number of hydrogen-bond acceptors (Lipinski definition) is 4. The third-order valence-electron chi connectivity index (χ3n) is 2.16. The van der Waals surface area contributed by atoms with Gasteiger partial charge in [0.2, 0.25) is 0 Å². The standard InChI is InChI=1S/C12H16N2O4/c1-7-3-4-10(16)9(5-7)14-12(18)11(17)13-6-8(2)15/h3-5,8,15-16H,6H2,1-2H3,(H,13,17)(H,14,18). The van der Waals surface area contributed by atoms with Crippen LogP contribution < -0.4 is 10.6 Å². The molecule has 0 spiro atoms. The average Bonchev–Trinajstić information content (AvgIpc) is 2.30. The summed E-state index contributed by atoms with van der Waals surface area (Å²) in [5, 5.41) is 23.0. The van der Waals surface area contributed by atoms with Crippen LogP contribution in [0.3, 0.4) is 0 Å². The van der Waals surface area contributed by atoms with Crippen molar-refractivity contribution in [2.45, 2.75) is 20.0 Å². The van der Waals surface area contributed by atoms with E-state index in [2.05, 4.69) is 10.6 Å². The van der Waals surface area contributed by atoms with Gasteiger partial charge in [0, 0.05) is 6.54 Å². The van der Waals surface area contributed by atoms with Gasteiger partial charge in [-0.1, -0.05) is 6.07 Å². The summed E-state index contributed by atoms with van der Waals surface area (Å²) in [7, 11) is 0. The van der Waals surface area contributed by atoms with Gasteiger partial charge in [0.1, 0.15) is 5.75 Å². The van der Waals surface area contributed by atoms with Crippen molar-refractivity contribution in [1.29, 1.82) is 0 Å². The van der Waals surface area contributed by atoms with E-state index in [-0.39, 0.29) is 18.0 Å². The summed E-state index contributed by atoms with van der Waals surface area (Å²) in [6.45, 7) is 3.28. The smallest absolute Gasteiger partial charge is 0.313 e. The van der Waals surface area contributed by atoms with Crippen LogP contribution in [0.2, 0.25) is 0 Å². The lowest BCUT2D eigenvalue weighted by atomic mass is 10.2. The molecule has 0 radical (unpaired) electrons. The van der Waals surface area contributed by atoms with Gasteiger partial charge in [-0.3, -0.25) is 9.59 Å². The van der Waals surface area contributed by atoms with Crippen molar-refractivity contribution in [2.24, 2.45) is 0 Å². The van der Waals surface area contributed by atoms with Gasteiger partial charge in [-0.25, -0.2) is 0 Å². The van der Waals surface area contributed by atoms with Gasteiger partial charge >= 0.3 is 11.8 Å². The molecular weight excluding hydrogens is 236 g/mol. The molecule has 18 heavy (non-hydrogen) atoms. The zero-order valence-electron chi connectivity index (χ0n) is 10.2. The molecule has 4 N–H and O–H groups in total. The topological polar surface area (TPSA) is 98.7 Å². The van der Waals surface area contributed by atoms with Crippen LogP contribution in [0.5, 0.6) is 5.75 Å². The molecule has 0 saturated heterocycles. The number of aromatic hydroxyl groups is 1. The van der Waals surface area contributed by atoms with Gasteiger partial charge in [-0.05, 0) is 31.5 Å². The van der Waals surface area contributed by atoms with Crippen LogP contribution in [0.1, 0.15) is 12.5 Å². The molecule has 1 rings (SSSR count). The van der Waals surface area contributed by atoms with E-state index in [0.29, 0.717) is 0 Å². The number of hydrogen-bond donors (Lipinski definition) is 4. The molecule has 0 saturated carbocycles. The minimum atomic E-state index is -0.892. The Bertz CT molecular complexity index is 457. The largest absolute Gasteiger partial charge is 0.506 e. The molecule has 0 fully saturated rings. The molecule has 2 amide bonds. The van der Waals surface area contributed by atoms with Crippen molar-refractivity contribution in [3.63, 3.8) is 0 Å². The number of benzene rings is 1. The first kappa shape index (κ1) is 14.0. The van der Waals surface area contributed by atoms with E-state index in [1.807, 2.05) is 0 Å². The molecule has 0 heterocycles. The van der Waals surface area contributed by atoms with Gasteiger partial charge < -0.3 is 20.8 Å². The van der Waals surface area contributed by atoms with E-state index < -0.39 is 17.9 Å². The van der Waals surface area contributed by atoms with E-state index in [4.69, 9.17) is 5.11 Å². The molecule has 0 aliphatic heterocycles. The lowest BCUT2D eigenvalue weighted by Gasteiger charge is -2.09. The van der Waals surface area contributed by atoms with Gasteiger partial charge in [-0.2, -0.15) is 0 Å². The van der Waals surface area contributed by atoms with Crippen LogP contribution in [-0.4, -0.2) is 34.7 Å². The minimum absolute atomic E-state index is 0.00788. The van der Waals surface area contributed by atoms with Crippen molar-refractivity contribution in [3.05, 3.63) is 23.8 Å². The van der Waals surface area contributed by atoms with Crippen LogP contribution >= 0.6 is 0 Å². The predicted octanol–water partition coefficient (Wildman–Crippen LogP) is 0.136. The number of amides is 2. The highest BCUT2D eigenvalue weighted by Gasteiger charge is 2.15. The average molecular weight is 252 g/mol. The van der Waals surface area contributed by atoms with Crippen molar-refractivity contribution in [3.8, 4) is 5.75 Å². The van der Waals surface area contributed by atoms with Crippen molar-refractivity contribution < 1.29 is 19.8 Å². The highest BCUT2D eigenvalue weighted by Crippen LogP contribution is 2.23. The van der Waals surface area contributed by atoms with Crippen molar-refractivity contribution in [2.75, 3.05) is 11.9 Å². The number of phenolic OH excluding ortho intramolecular Hbond substituents is 1. The Hall–Kier alpha value is -2.08. The molecule has 1 aromatic carbocycles. The van der Waals surface area contributed by atoms with Crippen molar-refractivity contribution in [1.82, 2.24) is 5.32 Å². The molecule has 0 aliphatic carbocycles. The number of anilines is 1. The lowest BCUT2D eigenvalue weighted by Crippen LogP contribution is -2.38. The van der Waals surface area contributed by atoms with Gasteiger partial charge in [0.25, 0.3) is 0 Å². The lowest BCUT2D eigenvalue weighted by molar-refractivity contribution is -0.136. The first-order valence-corrected chi connectivity index (χ1v) is 5.47. The summed E-state index contributed by atoms with van der Waals surface area (Å²) in [5.74, 6) is -1.87. The number of rotatable bonds is 3. The van der Waals surface area contributed by atoms with Crippen molar-refractivity contribution >= 4 is 17.5 Å². The van der Waals surface area contributed by atoms with Crippen LogP contribution in [0.4, 0.5) is 5.69 Å².